The third-order valence-corrected chi connectivity index (χ3v) is 6.74. The van der Waals surface area contributed by atoms with E-state index < -0.39 is 0 Å². The Balaban J connectivity index is 1.49. The Labute approximate surface area is 207 Å². The van der Waals surface area contributed by atoms with E-state index in [0.717, 1.165) is 47.2 Å². The van der Waals surface area contributed by atoms with E-state index in [1.165, 1.54) is 4.68 Å². The van der Waals surface area contributed by atoms with Crippen LogP contribution in [0.3, 0.4) is 0 Å². The number of hydrogen-bond acceptors (Lipinski definition) is 7. The number of nitrogens with two attached hydrogens (primary N) is 1. The third kappa shape index (κ3) is 3.76. The van der Waals surface area contributed by atoms with Gasteiger partial charge in [-0.15, -0.1) is 5.92 Å². The van der Waals surface area contributed by atoms with E-state index in [2.05, 4.69) is 32.9 Å². The number of rotatable bonds is 4. The monoisotopic (exact) mass is 478 g/mol. The second-order valence-corrected chi connectivity index (χ2v) is 9.09. The Bertz CT molecular complexity index is 1730. The molecule has 5 aromatic rings. The highest BCUT2D eigenvalue weighted by molar-refractivity contribution is 6.05. The Morgan fingerprint density at radius 3 is 2.78 bits per heavy atom. The number of aromatic nitrogens is 6. The van der Waals surface area contributed by atoms with Crippen LogP contribution in [0.15, 0.2) is 53.6 Å². The van der Waals surface area contributed by atoms with Crippen LogP contribution < -0.4 is 16.2 Å². The van der Waals surface area contributed by atoms with E-state index in [0.29, 0.717) is 29.8 Å². The van der Waals surface area contributed by atoms with Crippen LogP contribution in [0.1, 0.15) is 25.5 Å². The van der Waals surface area contributed by atoms with E-state index in [1.807, 2.05) is 34.9 Å². The smallest absolute Gasteiger partial charge is 0.293 e. The Morgan fingerprint density at radius 1 is 1.11 bits per heavy atom. The molecule has 1 unspecified atom stereocenters. The van der Waals surface area contributed by atoms with Gasteiger partial charge in [0.25, 0.3) is 5.56 Å². The molecular formula is C27H26N8O. The fourth-order valence-electron chi connectivity index (χ4n) is 5.04. The first-order valence-electron chi connectivity index (χ1n) is 12.1. The number of piperidine rings is 1. The zero-order chi connectivity index (χ0) is 24.6. The van der Waals surface area contributed by atoms with Gasteiger partial charge in [-0.3, -0.25) is 9.36 Å². The standard InChI is InChI=1S/C27H26N8O/c1-2-3-14-34-24-22(32-27(34)33-13-7-8-18(28)16-33)15-30-35(26(24)36)17-23-20-10-5-4-9-19(20)21-11-6-12-29-25(21)31-23/h4-6,9-12,15,18H,7-8,13-14,16-17,28H2,1H3. The molecule has 36 heavy (non-hydrogen) atoms. The van der Waals surface area contributed by atoms with Crippen molar-refractivity contribution in [2.75, 3.05) is 18.0 Å². The van der Waals surface area contributed by atoms with Crippen molar-refractivity contribution < 1.29 is 0 Å². The molecule has 1 aliphatic rings. The molecule has 1 aromatic carbocycles. The van der Waals surface area contributed by atoms with Gasteiger partial charge in [0.05, 0.1) is 25.0 Å². The molecule has 6 rings (SSSR count). The van der Waals surface area contributed by atoms with E-state index in [4.69, 9.17) is 15.7 Å². The lowest BCUT2D eigenvalue weighted by Crippen LogP contribution is -2.44. The summed E-state index contributed by atoms with van der Waals surface area (Å²) in [6.45, 7) is 3.92. The van der Waals surface area contributed by atoms with Crippen LogP contribution in [0.2, 0.25) is 0 Å². The summed E-state index contributed by atoms with van der Waals surface area (Å²) in [5, 5.41) is 7.47. The molecular weight excluding hydrogens is 452 g/mol. The summed E-state index contributed by atoms with van der Waals surface area (Å²) >= 11 is 0. The molecule has 1 aliphatic heterocycles. The molecule has 0 bridgehead atoms. The Hall–Kier alpha value is -4.29. The first-order chi connectivity index (χ1) is 17.6. The minimum Gasteiger partial charge on any atom is -0.341 e. The SMILES string of the molecule is CC#CCn1c(N2CCCC(N)C2)nc2cnn(Cc3nc4ncccc4c4ccccc34)c(=O)c21. The minimum absolute atomic E-state index is 0.0833. The van der Waals surface area contributed by atoms with E-state index in [9.17, 15) is 4.79 Å². The van der Waals surface area contributed by atoms with Gasteiger partial charge >= 0.3 is 0 Å². The zero-order valence-electron chi connectivity index (χ0n) is 20.1. The van der Waals surface area contributed by atoms with Crippen molar-refractivity contribution in [2.24, 2.45) is 5.73 Å². The molecule has 0 aliphatic carbocycles. The van der Waals surface area contributed by atoms with Crippen LogP contribution in [-0.4, -0.2) is 48.4 Å². The number of nitrogens with zero attached hydrogens (tertiary/aromatic N) is 7. The Kier molecular flexibility index (Phi) is 5.58. The van der Waals surface area contributed by atoms with Crippen molar-refractivity contribution in [3.05, 3.63) is 64.8 Å². The second-order valence-electron chi connectivity index (χ2n) is 9.09. The molecule has 0 radical (unpaired) electrons. The average molecular weight is 479 g/mol. The lowest BCUT2D eigenvalue weighted by Gasteiger charge is -2.31. The lowest BCUT2D eigenvalue weighted by molar-refractivity contribution is 0.496. The average Bonchev–Trinajstić information content (AvgIpc) is 3.28. The molecule has 9 heteroatoms. The van der Waals surface area contributed by atoms with Crippen molar-refractivity contribution in [1.82, 2.24) is 29.3 Å². The molecule has 0 spiro atoms. The molecule has 1 atom stereocenters. The molecule has 4 aromatic heterocycles. The number of fused-ring (bicyclic) bond motifs is 4. The van der Waals surface area contributed by atoms with E-state index in [1.54, 1.807) is 19.3 Å². The fraction of sp³-hybridized carbons (Fsp3) is 0.296. The largest absolute Gasteiger partial charge is 0.341 e. The second kappa shape index (κ2) is 9.06. The summed E-state index contributed by atoms with van der Waals surface area (Å²) in [6.07, 6.45) is 5.36. The van der Waals surface area contributed by atoms with Crippen molar-refractivity contribution in [3.63, 3.8) is 0 Å². The maximum atomic E-state index is 13.8. The van der Waals surface area contributed by atoms with Crippen molar-refractivity contribution in [1.29, 1.82) is 0 Å². The molecule has 180 valence electrons. The van der Waals surface area contributed by atoms with Crippen LogP contribution in [-0.2, 0) is 13.1 Å². The van der Waals surface area contributed by atoms with Crippen LogP contribution in [0.25, 0.3) is 32.8 Å². The predicted octanol–water partition coefficient (Wildman–Crippen LogP) is 2.69. The number of anilines is 1. The van der Waals surface area contributed by atoms with Gasteiger partial charge < -0.3 is 10.6 Å². The van der Waals surface area contributed by atoms with Crippen molar-refractivity contribution >= 4 is 38.8 Å². The molecule has 9 nitrogen and oxygen atoms in total. The van der Waals surface area contributed by atoms with Gasteiger partial charge in [0.2, 0.25) is 5.95 Å². The maximum absolute atomic E-state index is 13.8. The highest BCUT2D eigenvalue weighted by atomic mass is 16.1. The molecule has 1 saturated heterocycles. The predicted molar refractivity (Wildman–Crippen MR) is 141 cm³/mol. The van der Waals surface area contributed by atoms with Gasteiger partial charge in [-0.1, -0.05) is 30.2 Å². The number of imidazole rings is 1. The van der Waals surface area contributed by atoms with Crippen molar-refractivity contribution in [2.45, 2.75) is 38.9 Å². The van der Waals surface area contributed by atoms with Crippen molar-refractivity contribution in [3.8, 4) is 11.8 Å². The summed E-state index contributed by atoms with van der Waals surface area (Å²) in [6, 6.07) is 12.0. The van der Waals surface area contributed by atoms with E-state index in [-0.39, 0.29) is 18.1 Å². The van der Waals surface area contributed by atoms with Crippen LogP contribution >= 0.6 is 0 Å². The first-order valence-corrected chi connectivity index (χ1v) is 12.1. The molecule has 2 N–H and O–H groups in total. The maximum Gasteiger partial charge on any atom is 0.293 e. The minimum atomic E-state index is -0.225. The lowest BCUT2D eigenvalue weighted by atomic mass is 10.1. The summed E-state index contributed by atoms with van der Waals surface area (Å²) in [5.41, 5.74) is 8.45. The van der Waals surface area contributed by atoms with Gasteiger partial charge in [0.1, 0.15) is 11.0 Å². The van der Waals surface area contributed by atoms with Gasteiger partial charge in [-0.05, 0) is 37.3 Å². The normalized spacial score (nSPS) is 15.9. The number of pyridine rings is 2. The van der Waals surface area contributed by atoms with Crippen LogP contribution in [0.4, 0.5) is 5.95 Å². The summed E-state index contributed by atoms with van der Waals surface area (Å²) < 4.78 is 3.35. The van der Waals surface area contributed by atoms with Gasteiger partial charge in [0.15, 0.2) is 5.65 Å². The summed E-state index contributed by atoms with van der Waals surface area (Å²) in [4.78, 5) is 30.0. The fourth-order valence-corrected chi connectivity index (χ4v) is 5.04. The molecule has 5 heterocycles. The summed E-state index contributed by atoms with van der Waals surface area (Å²) in [5.74, 6) is 6.76. The topological polar surface area (TPSA) is 108 Å². The van der Waals surface area contributed by atoms with Gasteiger partial charge in [-0.25, -0.2) is 19.6 Å². The van der Waals surface area contributed by atoms with Gasteiger partial charge in [-0.2, -0.15) is 5.10 Å². The Morgan fingerprint density at radius 2 is 1.94 bits per heavy atom. The quantitative estimate of drug-likeness (QED) is 0.313. The zero-order valence-corrected chi connectivity index (χ0v) is 20.1. The number of hydrogen-bond donors (Lipinski definition) is 1. The third-order valence-electron chi connectivity index (χ3n) is 6.74. The summed E-state index contributed by atoms with van der Waals surface area (Å²) in [7, 11) is 0. The molecule has 1 fully saturated rings. The molecule has 0 amide bonds. The number of benzene rings is 1. The van der Waals surface area contributed by atoms with E-state index >= 15 is 0 Å². The highest BCUT2D eigenvalue weighted by Gasteiger charge is 2.24. The van der Waals surface area contributed by atoms with Crippen LogP contribution in [0, 0.1) is 11.8 Å². The molecule has 0 saturated carbocycles. The van der Waals surface area contributed by atoms with Crippen LogP contribution in [0.5, 0.6) is 0 Å². The highest BCUT2D eigenvalue weighted by Crippen LogP contribution is 2.26. The first kappa shape index (κ1) is 22.2. The van der Waals surface area contributed by atoms with Gasteiger partial charge in [0, 0.05) is 36.1 Å².